The molecule has 1 saturated heterocycles. The highest BCUT2D eigenvalue weighted by Crippen LogP contribution is 2.28. The maximum Gasteiger partial charge on any atom is 0.374 e. The van der Waals surface area contributed by atoms with Crippen LogP contribution in [0.1, 0.15) is 43.2 Å². The van der Waals surface area contributed by atoms with Gasteiger partial charge in [-0.25, -0.2) is 13.2 Å². The molecule has 2 heterocycles. The highest BCUT2D eigenvalue weighted by Gasteiger charge is 2.33. The van der Waals surface area contributed by atoms with Crippen molar-refractivity contribution in [3.63, 3.8) is 0 Å². The molecule has 3 rings (SSSR count). The number of esters is 1. The first-order valence-electron chi connectivity index (χ1n) is 8.51. The summed E-state index contributed by atoms with van der Waals surface area (Å²) in [5, 5.41) is 3.32. The minimum Gasteiger partial charge on any atom is -0.460 e. The highest BCUT2D eigenvalue weighted by molar-refractivity contribution is 7.89. The van der Waals surface area contributed by atoms with Gasteiger partial charge in [0.2, 0.25) is 10.9 Å². The first-order chi connectivity index (χ1) is 11.5. The summed E-state index contributed by atoms with van der Waals surface area (Å²) in [6.45, 7) is 3.85. The van der Waals surface area contributed by atoms with Gasteiger partial charge in [-0.2, -0.15) is 4.31 Å². The van der Waals surface area contributed by atoms with E-state index in [1.807, 2.05) is 0 Å². The van der Waals surface area contributed by atoms with Crippen LogP contribution >= 0.6 is 12.4 Å². The second-order valence-corrected chi connectivity index (χ2v) is 8.24. The van der Waals surface area contributed by atoms with E-state index in [1.54, 1.807) is 6.92 Å². The summed E-state index contributed by atoms with van der Waals surface area (Å²) in [6.07, 6.45) is 4.19. The SMILES string of the molecule is CCOC(=O)c1ccc(S(=O)(=O)N2CCC(NCC3CC3)CC2)o1.Cl. The second kappa shape index (κ2) is 8.53. The summed E-state index contributed by atoms with van der Waals surface area (Å²) in [6, 6.07) is 3.04. The molecular weight excluding hydrogens is 368 g/mol. The van der Waals surface area contributed by atoms with Gasteiger partial charge in [-0.3, -0.25) is 0 Å². The third-order valence-electron chi connectivity index (χ3n) is 4.50. The molecule has 142 valence electrons. The first kappa shape index (κ1) is 20.2. The molecule has 0 aromatic carbocycles. The maximum absolute atomic E-state index is 12.6. The van der Waals surface area contributed by atoms with Crippen LogP contribution in [0.25, 0.3) is 0 Å². The van der Waals surface area contributed by atoms with Crippen LogP contribution in [0.5, 0.6) is 0 Å². The molecule has 1 aromatic rings. The van der Waals surface area contributed by atoms with Gasteiger partial charge in [0.05, 0.1) is 6.61 Å². The molecular formula is C16H25ClN2O5S. The number of carbonyl (C=O) groups excluding carboxylic acids is 1. The predicted molar refractivity (Wildman–Crippen MR) is 94.4 cm³/mol. The van der Waals surface area contributed by atoms with Crippen LogP contribution in [0.3, 0.4) is 0 Å². The molecule has 0 bridgehead atoms. The molecule has 1 saturated carbocycles. The van der Waals surface area contributed by atoms with Crippen LogP contribution in [0.15, 0.2) is 21.6 Å². The van der Waals surface area contributed by atoms with Gasteiger partial charge in [0.25, 0.3) is 10.0 Å². The zero-order chi connectivity index (χ0) is 17.2. The molecule has 1 aromatic heterocycles. The molecule has 9 heteroatoms. The van der Waals surface area contributed by atoms with Crippen molar-refractivity contribution >= 4 is 28.4 Å². The summed E-state index contributed by atoms with van der Waals surface area (Å²) < 4.78 is 36.7. The fourth-order valence-electron chi connectivity index (χ4n) is 2.85. The summed E-state index contributed by atoms with van der Waals surface area (Å²) in [5.41, 5.74) is 0. The summed E-state index contributed by atoms with van der Waals surface area (Å²) in [7, 11) is -3.70. The van der Waals surface area contributed by atoms with E-state index < -0.39 is 16.0 Å². The minimum atomic E-state index is -3.70. The Kier molecular flexibility index (Phi) is 6.90. The van der Waals surface area contributed by atoms with Crippen LogP contribution in [0.4, 0.5) is 0 Å². The lowest BCUT2D eigenvalue weighted by molar-refractivity contribution is 0.0483. The van der Waals surface area contributed by atoms with Crippen molar-refractivity contribution in [3.8, 4) is 0 Å². The number of halogens is 1. The van der Waals surface area contributed by atoms with Crippen molar-refractivity contribution in [1.82, 2.24) is 9.62 Å². The molecule has 0 unspecified atom stereocenters. The first-order valence-corrected chi connectivity index (χ1v) is 9.95. The second-order valence-electron chi connectivity index (χ2n) is 6.37. The number of nitrogens with zero attached hydrogens (tertiary/aromatic N) is 1. The fourth-order valence-corrected chi connectivity index (χ4v) is 4.23. The van der Waals surface area contributed by atoms with Crippen molar-refractivity contribution in [1.29, 1.82) is 0 Å². The topological polar surface area (TPSA) is 88.9 Å². The lowest BCUT2D eigenvalue weighted by Gasteiger charge is -2.31. The number of sulfonamides is 1. The highest BCUT2D eigenvalue weighted by atomic mass is 35.5. The van der Waals surface area contributed by atoms with Gasteiger partial charge in [0.15, 0.2) is 0 Å². The van der Waals surface area contributed by atoms with Gasteiger partial charge >= 0.3 is 5.97 Å². The quantitative estimate of drug-likeness (QED) is 0.714. The van der Waals surface area contributed by atoms with Gasteiger partial charge in [0.1, 0.15) is 0 Å². The summed E-state index contributed by atoms with van der Waals surface area (Å²) >= 11 is 0. The van der Waals surface area contributed by atoms with Crippen LogP contribution < -0.4 is 5.32 Å². The van der Waals surface area contributed by atoms with E-state index in [4.69, 9.17) is 9.15 Å². The van der Waals surface area contributed by atoms with Crippen molar-refractivity contribution in [2.75, 3.05) is 26.2 Å². The normalized spacial score (nSPS) is 19.4. The minimum absolute atomic E-state index is 0. The predicted octanol–water partition coefficient (Wildman–Crippen LogP) is 2.03. The molecule has 1 N–H and O–H groups in total. The Bertz CT molecular complexity index is 678. The van der Waals surface area contributed by atoms with Gasteiger partial charge in [0, 0.05) is 19.1 Å². The molecule has 0 spiro atoms. The third-order valence-corrected chi connectivity index (χ3v) is 6.27. The smallest absolute Gasteiger partial charge is 0.374 e. The Morgan fingerprint density at radius 2 is 1.96 bits per heavy atom. The standard InChI is InChI=1S/C16H24N2O5S.ClH/c1-2-22-16(19)14-5-6-15(23-14)24(20,21)18-9-7-13(8-10-18)17-11-12-3-4-12;/h5-6,12-13,17H,2-4,7-11H2,1H3;1H. The largest absolute Gasteiger partial charge is 0.460 e. The molecule has 1 aliphatic heterocycles. The van der Waals surface area contributed by atoms with E-state index >= 15 is 0 Å². The average Bonchev–Trinajstić information content (AvgIpc) is 3.26. The summed E-state index contributed by atoms with van der Waals surface area (Å²) in [4.78, 5) is 11.6. The Hall–Kier alpha value is -1.09. The van der Waals surface area contributed by atoms with E-state index in [-0.39, 0.29) is 29.9 Å². The fraction of sp³-hybridized carbons (Fsp3) is 0.688. The molecule has 1 aliphatic carbocycles. The zero-order valence-corrected chi connectivity index (χ0v) is 15.9. The van der Waals surface area contributed by atoms with Gasteiger partial charge < -0.3 is 14.5 Å². The third kappa shape index (κ3) is 4.97. The van der Waals surface area contributed by atoms with Crippen molar-refractivity contribution in [2.24, 2.45) is 5.92 Å². The molecule has 2 aliphatic rings. The Morgan fingerprint density at radius 1 is 1.28 bits per heavy atom. The number of piperidine rings is 1. The number of carbonyl (C=O) groups is 1. The monoisotopic (exact) mass is 392 g/mol. The Labute approximate surface area is 154 Å². The Balaban J connectivity index is 0.00000225. The molecule has 25 heavy (non-hydrogen) atoms. The van der Waals surface area contributed by atoms with E-state index in [1.165, 1.54) is 29.3 Å². The van der Waals surface area contributed by atoms with Crippen molar-refractivity contribution in [3.05, 3.63) is 17.9 Å². The van der Waals surface area contributed by atoms with Crippen LogP contribution in [-0.2, 0) is 14.8 Å². The van der Waals surface area contributed by atoms with Gasteiger partial charge in [-0.1, -0.05) is 0 Å². The number of ether oxygens (including phenoxy) is 1. The van der Waals surface area contributed by atoms with E-state index in [0.717, 1.165) is 25.3 Å². The average molecular weight is 393 g/mol. The number of hydrogen-bond donors (Lipinski definition) is 1. The Morgan fingerprint density at radius 3 is 2.56 bits per heavy atom. The maximum atomic E-state index is 12.6. The van der Waals surface area contributed by atoms with Crippen molar-refractivity contribution < 1.29 is 22.4 Å². The molecule has 0 radical (unpaired) electrons. The number of nitrogens with one attached hydrogen (secondary N) is 1. The zero-order valence-electron chi connectivity index (χ0n) is 14.3. The van der Waals surface area contributed by atoms with Crippen LogP contribution in [0, 0.1) is 5.92 Å². The molecule has 7 nitrogen and oxygen atoms in total. The van der Waals surface area contributed by atoms with E-state index in [9.17, 15) is 13.2 Å². The number of rotatable bonds is 7. The van der Waals surface area contributed by atoms with Gasteiger partial charge in [-0.05, 0) is 57.2 Å². The molecule has 2 fully saturated rings. The van der Waals surface area contributed by atoms with E-state index in [0.29, 0.717) is 19.1 Å². The van der Waals surface area contributed by atoms with Crippen LogP contribution in [-0.4, -0.2) is 51.0 Å². The van der Waals surface area contributed by atoms with Gasteiger partial charge in [-0.15, -0.1) is 12.4 Å². The lowest BCUT2D eigenvalue weighted by atomic mass is 10.1. The van der Waals surface area contributed by atoms with E-state index in [2.05, 4.69) is 5.32 Å². The van der Waals surface area contributed by atoms with Crippen molar-refractivity contribution in [2.45, 2.75) is 43.7 Å². The number of furan rings is 1. The van der Waals surface area contributed by atoms with Crippen LogP contribution in [0.2, 0.25) is 0 Å². The molecule has 0 amide bonds. The number of hydrogen-bond acceptors (Lipinski definition) is 6. The molecule has 0 atom stereocenters. The summed E-state index contributed by atoms with van der Waals surface area (Å²) in [5.74, 6) is 0.0783. The lowest BCUT2D eigenvalue weighted by Crippen LogP contribution is -2.45.